The average molecular weight is 534 g/mol. The van der Waals surface area contributed by atoms with E-state index in [2.05, 4.69) is 53.4 Å². The van der Waals surface area contributed by atoms with Gasteiger partial charge in [0.25, 0.3) is 0 Å². The van der Waals surface area contributed by atoms with Crippen molar-refractivity contribution in [1.29, 1.82) is 0 Å². The Bertz CT molecular complexity index is 1250. The molecule has 0 bridgehead atoms. The predicted molar refractivity (Wildman–Crippen MR) is 147 cm³/mol. The summed E-state index contributed by atoms with van der Waals surface area (Å²) in [5.74, 6) is 0.144. The van der Waals surface area contributed by atoms with Gasteiger partial charge in [-0.2, -0.15) is 4.31 Å². The molecule has 2 aliphatic heterocycles. The second-order valence-corrected chi connectivity index (χ2v) is 11.7. The molecule has 0 unspecified atom stereocenters. The molecule has 200 valence electrons. The molecule has 0 aliphatic carbocycles. The van der Waals surface area contributed by atoms with Crippen molar-refractivity contribution in [2.45, 2.75) is 23.8 Å². The molecule has 2 fully saturated rings. The van der Waals surface area contributed by atoms with E-state index in [4.69, 9.17) is 4.74 Å². The van der Waals surface area contributed by atoms with Gasteiger partial charge in [-0.05, 0) is 35.2 Å². The lowest BCUT2D eigenvalue weighted by atomic mass is 9.96. The van der Waals surface area contributed by atoms with Gasteiger partial charge in [-0.25, -0.2) is 8.42 Å². The number of nitrogens with zero attached hydrogens (tertiary/aromatic N) is 3. The highest BCUT2D eigenvalue weighted by atomic mass is 32.2. The quantitative estimate of drug-likeness (QED) is 0.443. The smallest absolute Gasteiger partial charge is 0.243 e. The zero-order chi connectivity index (χ0) is 26.4. The van der Waals surface area contributed by atoms with E-state index in [9.17, 15) is 13.2 Å². The molecule has 0 spiro atoms. The van der Waals surface area contributed by atoms with Crippen LogP contribution in [0.25, 0.3) is 0 Å². The molecule has 8 heteroatoms. The zero-order valence-electron chi connectivity index (χ0n) is 21.6. The fourth-order valence-corrected chi connectivity index (χ4v) is 6.70. The fourth-order valence-electron chi connectivity index (χ4n) is 5.29. The highest BCUT2D eigenvalue weighted by Gasteiger charge is 2.28. The van der Waals surface area contributed by atoms with Crippen molar-refractivity contribution < 1.29 is 17.9 Å². The van der Waals surface area contributed by atoms with E-state index < -0.39 is 10.0 Å². The van der Waals surface area contributed by atoms with Crippen LogP contribution in [0, 0.1) is 0 Å². The van der Waals surface area contributed by atoms with E-state index in [-0.39, 0.29) is 16.8 Å². The van der Waals surface area contributed by atoms with Crippen molar-refractivity contribution >= 4 is 15.9 Å². The molecular formula is C30H35N3O4S. The first-order chi connectivity index (χ1) is 18.5. The number of hydrogen-bond acceptors (Lipinski definition) is 5. The fraction of sp³-hybridized carbons (Fsp3) is 0.367. The Kier molecular flexibility index (Phi) is 8.54. The van der Waals surface area contributed by atoms with Crippen LogP contribution in [0.5, 0.6) is 0 Å². The first kappa shape index (κ1) is 26.6. The van der Waals surface area contributed by atoms with E-state index in [1.807, 2.05) is 29.2 Å². The van der Waals surface area contributed by atoms with Crippen molar-refractivity contribution in [1.82, 2.24) is 14.1 Å². The van der Waals surface area contributed by atoms with Gasteiger partial charge in [0.2, 0.25) is 15.9 Å². The number of aryl methyl sites for hydroxylation is 1. The summed E-state index contributed by atoms with van der Waals surface area (Å²) in [7, 11) is -3.51. The Balaban J connectivity index is 1.15. The molecule has 0 N–H and O–H groups in total. The number of sulfonamides is 1. The summed E-state index contributed by atoms with van der Waals surface area (Å²) in [5, 5.41) is 0. The van der Waals surface area contributed by atoms with Gasteiger partial charge in [-0.3, -0.25) is 9.69 Å². The van der Waals surface area contributed by atoms with Gasteiger partial charge >= 0.3 is 0 Å². The Labute approximate surface area is 225 Å². The largest absolute Gasteiger partial charge is 0.379 e. The van der Waals surface area contributed by atoms with Crippen LogP contribution < -0.4 is 0 Å². The predicted octanol–water partition coefficient (Wildman–Crippen LogP) is 3.57. The molecule has 0 saturated carbocycles. The van der Waals surface area contributed by atoms with Gasteiger partial charge in [0.1, 0.15) is 0 Å². The lowest BCUT2D eigenvalue weighted by Crippen LogP contribution is -2.49. The number of morpholine rings is 1. The SMILES string of the molecule is O=C(CCc1ccc(S(=O)(=O)N2CCOCC2)cc1)N1CCN(C(c2ccccc2)c2ccccc2)CC1. The van der Waals surface area contributed by atoms with Crippen LogP contribution in [-0.4, -0.2) is 80.9 Å². The number of amides is 1. The molecule has 38 heavy (non-hydrogen) atoms. The molecule has 3 aromatic rings. The van der Waals surface area contributed by atoms with E-state index in [0.717, 1.165) is 18.7 Å². The van der Waals surface area contributed by atoms with E-state index in [0.29, 0.717) is 52.2 Å². The molecule has 2 saturated heterocycles. The summed E-state index contributed by atoms with van der Waals surface area (Å²) in [6.07, 6.45) is 1.00. The molecule has 0 aromatic heterocycles. The molecule has 0 radical (unpaired) electrons. The highest BCUT2D eigenvalue weighted by molar-refractivity contribution is 7.89. The van der Waals surface area contributed by atoms with E-state index >= 15 is 0 Å². The molecule has 7 nitrogen and oxygen atoms in total. The normalized spacial score (nSPS) is 17.6. The Hall–Kier alpha value is -3.04. The standard InChI is InChI=1S/C30H35N3O4S/c34-29(16-13-25-11-14-28(15-12-25)38(35,36)33-21-23-37-24-22-33)31-17-19-32(20-18-31)30(26-7-3-1-4-8-26)27-9-5-2-6-10-27/h1-12,14-15,30H,13,16-24H2. The lowest BCUT2D eigenvalue weighted by Gasteiger charge is -2.40. The van der Waals surface area contributed by atoms with Crippen LogP contribution in [0.1, 0.15) is 29.2 Å². The number of piperazine rings is 1. The van der Waals surface area contributed by atoms with Crippen molar-refractivity contribution in [2.24, 2.45) is 0 Å². The summed E-state index contributed by atoms with van der Waals surface area (Å²) in [5.41, 5.74) is 3.49. The number of benzene rings is 3. The number of rotatable bonds is 8. The van der Waals surface area contributed by atoms with Crippen molar-refractivity contribution in [3.63, 3.8) is 0 Å². The summed E-state index contributed by atoms with van der Waals surface area (Å²) < 4.78 is 32.4. The third-order valence-corrected chi connectivity index (χ3v) is 9.33. The Morgan fingerprint density at radius 1 is 0.737 bits per heavy atom. The minimum absolute atomic E-state index is 0.144. The zero-order valence-corrected chi connectivity index (χ0v) is 22.4. The second kappa shape index (κ2) is 12.2. The van der Waals surface area contributed by atoms with Crippen molar-refractivity contribution in [3.05, 3.63) is 102 Å². The maximum absolute atomic E-state index is 13.0. The average Bonchev–Trinajstić information content (AvgIpc) is 2.98. The van der Waals surface area contributed by atoms with E-state index in [1.165, 1.54) is 15.4 Å². The number of hydrogen-bond donors (Lipinski definition) is 0. The topological polar surface area (TPSA) is 70.2 Å². The lowest BCUT2D eigenvalue weighted by molar-refractivity contribution is -0.133. The minimum Gasteiger partial charge on any atom is -0.379 e. The molecular weight excluding hydrogens is 498 g/mol. The van der Waals surface area contributed by atoms with E-state index in [1.54, 1.807) is 12.1 Å². The maximum atomic E-state index is 13.0. The van der Waals surface area contributed by atoms with Crippen LogP contribution in [0.4, 0.5) is 0 Å². The van der Waals surface area contributed by atoms with Gasteiger partial charge < -0.3 is 9.64 Å². The van der Waals surface area contributed by atoms with Crippen molar-refractivity contribution in [3.8, 4) is 0 Å². The third kappa shape index (κ3) is 6.15. The maximum Gasteiger partial charge on any atom is 0.243 e. The van der Waals surface area contributed by atoms with Gasteiger partial charge in [0.05, 0.1) is 24.2 Å². The van der Waals surface area contributed by atoms with Crippen LogP contribution in [0.3, 0.4) is 0 Å². The second-order valence-electron chi connectivity index (χ2n) is 9.80. The highest BCUT2D eigenvalue weighted by Crippen LogP contribution is 2.29. The molecule has 1 amide bonds. The number of ether oxygens (including phenoxy) is 1. The molecule has 3 aromatic carbocycles. The molecule has 2 aliphatic rings. The number of carbonyl (C=O) groups excluding carboxylic acids is 1. The molecule has 2 heterocycles. The summed E-state index contributed by atoms with van der Waals surface area (Å²) >= 11 is 0. The molecule has 5 rings (SSSR count). The minimum atomic E-state index is -3.51. The number of carbonyl (C=O) groups is 1. The van der Waals surface area contributed by atoms with Gasteiger partial charge in [0, 0.05) is 45.7 Å². The van der Waals surface area contributed by atoms with Crippen molar-refractivity contribution in [2.75, 3.05) is 52.5 Å². The Morgan fingerprint density at radius 3 is 1.84 bits per heavy atom. The van der Waals surface area contributed by atoms with Gasteiger partial charge in [-0.15, -0.1) is 0 Å². The summed E-state index contributed by atoms with van der Waals surface area (Å²) in [6, 6.07) is 28.2. The summed E-state index contributed by atoms with van der Waals surface area (Å²) in [6.45, 7) is 4.63. The van der Waals surface area contributed by atoms with Crippen LogP contribution in [0.15, 0.2) is 89.8 Å². The molecule has 0 atom stereocenters. The van der Waals surface area contributed by atoms with Gasteiger partial charge in [0.15, 0.2) is 0 Å². The van der Waals surface area contributed by atoms with Crippen LogP contribution in [-0.2, 0) is 26.0 Å². The summed E-state index contributed by atoms with van der Waals surface area (Å²) in [4.78, 5) is 17.7. The first-order valence-corrected chi connectivity index (χ1v) is 14.7. The van der Waals surface area contributed by atoms with Crippen LogP contribution >= 0.6 is 0 Å². The Morgan fingerprint density at radius 2 is 1.29 bits per heavy atom. The first-order valence-electron chi connectivity index (χ1n) is 13.3. The monoisotopic (exact) mass is 533 g/mol. The van der Waals surface area contributed by atoms with Crippen LogP contribution in [0.2, 0.25) is 0 Å². The van der Waals surface area contributed by atoms with Gasteiger partial charge in [-0.1, -0.05) is 72.8 Å². The third-order valence-electron chi connectivity index (χ3n) is 7.42.